The van der Waals surface area contributed by atoms with Gasteiger partial charge in [-0.05, 0) is 25.1 Å². The van der Waals surface area contributed by atoms with Gasteiger partial charge in [0.1, 0.15) is 5.82 Å². The van der Waals surface area contributed by atoms with Gasteiger partial charge in [-0.15, -0.1) is 0 Å². The molecule has 0 radical (unpaired) electrons. The fourth-order valence-corrected chi connectivity index (χ4v) is 1.51. The molecule has 3 N–H and O–H groups in total. The van der Waals surface area contributed by atoms with E-state index in [2.05, 4.69) is 22.3 Å². The number of rotatable bonds is 4. The van der Waals surface area contributed by atoms with E-state index in [1.165, 1.54) is 0 Å². The highest BCUT2D eigenvalue weighted by Crippen LogP contribution is 2.09. The summed E-state index contributed by atoms with van der Waals surface area (Å²) in [5, 5.41) is 7.48. The molecule has 5 nitrogen and oxygen atoms in total. The lowest BCUT2D eigenvalue weighted by molar-refractivity contribution is 0.561. The standard InChI is InChI=1S/C11H15N5/c1-9(8-16-6-2-5-14-16)15-10-3-4-11(12)13-7-10/h2-7,9,15H,8H2,1H3,(H2,12,13). The minimum atomic E-state index is 0.283. The number of nitrogens with one attached hydrogen (secondary N) is 1. The highest BCUT2D eigenvalue weighted by atomic mass is 15.3. The quantitative estimate of drug-likeness (QED) is 0.811. The van der Waals surface area contributed by atoms with Crippen LogP contribution in [-0.4, -0.2) is 20.8 Å². The minimum Gasteiger partial charge on any atom is -0.384 e. The van der Waals surface area contributed by atoms with Gasteiger partial charge in [0, 0.05) is 18.4 Å². The largest absolute Gasteiger partial charge is 0.384 e. The number of nitrogen functional groups attached to an aromatic ring is 1. The maximum Gasteiger partial charge on any atom is 0.123 e. The number of nitrogens with two attached hydrogens (primary N) is 1. The van der Waals surface area contributed by atoms with E-state index in [1.807, 2.05) is 23.0 Å². The summed E-state index contributed by atoms with van der Waals surface area (Å²) in [6.07, 6.45) is 5.45. The van der Waals surface area contributed by atoms with Crippen LogP contribution in [0.3, 0.4) is 0 Å². The van der Waals surface area contributed by atoms with Crippen LogP contribution in [0.1, 0.15) is 6.92 Å². The van der Waals surface area contributed by atoms with Gasteiger partial charge < -0.3 is 11.1 Å². The van der Waals surface area contributed by atoms with Gasteiger partial charge in [-0.2, -0.15) is 5.10 Å². The van der Waals surface area contributed by atoms with Crippen LogP contribution in [0.4, 0.5) is 11.5 Å². The Hall–Kier alpha value is -2.04. The summed E-state index contributed by atoms with van der Waals surface area (Å²) in [4.78, 5) is 4.02. The van der Waals surface area contributed by atoms with Crippen LogP contribution in [0, 0.1) is 0 Å². The van der Waals surface area contributed by atoms with Crippen molar-refractivity contribution in [3.05, 3.63) is 36.8 Å². The molecule has 1 atom stereocenters. The van der Waals surface area contributed by atoms with Gasteiger partial charge >= 0.3 is 0 Å². The lowest BCUT2D eigenvalue weighted by atomic mass is 10.3. The van der Waals surface area contributed by atoms with Crippen molar-refractivity contribution in [3.63, 3.8) is 0 Å². The predicted molar refractivity (Wildman–Crippen MR) is 64.0 cm³/mol. The van der Waals surface area contributed by atoms with E-state index in [9.17, 15) is 0 Å². The number of nitrogens with zero attached hydrogens (tertiary/aromatic N) is 3. The number of hydrogen-bond acceptors (Lipinski definition) is 4. The molecule has 0 spiro atoms. The predicted octanol–water partition coefficient (Wildman–Crippen LogP) is 1.36. The lowest BCUT2D eigenvalue weighted by Gasteiger charge is -2.14. The van der Waals surface area contributed by atoms with Crippen molar-refractivity contribution in [1.29, 1.82) is 0 Å². The molecule has 0 saturated heterocycles. The van der Waals surface area contributed by atoms with Crippen molar-refractivity contribution in [3.8, 4) is 0 Å². The Morgan fingerprint density at radius 1 is 1.50 bits per heavy atom. The monoisotopic (exact) mass is 217 g/mol. The van der Waals surface area contributed by atoms with Crippen LogP contribution in [0.5, 0.6) is 0 Å². The molecule has 0 fully saturated rings. The molecule has 0 aliphatic carbocycles. The van der Waals surface area contributed by atoms with E-state index in [0.29, 0.717) is 5.82 Å². The molecule has 2 aromatic heterocycles. The molecule has 0 aliphatic heterocycles. The molecular formula is C11H15N5. The molecule has 16 heavy (non-hydrogen) atoms. The van der Waals surface area contributed by atoms with E-state index >= 15 is 0 Å². The number of aromatic nitrogens is 3. The Morgan fingerprint density at radius 2 is 2.38 bits per heavy atom. The van der Waals surface area contributed by atoms with E-state index in [-0.39, 0.29) is 6.04 Å². The molecular weight excluding hydrogens is 202 g/mol. The molecule has 0 bridgehead atoms. The molecule has 0 aliphatic rings. The van der Waals surface area contributed by atoms with Gasteiger partial charge in [0.2, 0.25) is 0 Å². The minimum absolute atomic E-state index is 0.283. The SMILES string of the molecule is CC(Cn1cccn1)Nc1ccc(N)nc1. The van der Waals surface area contributed by atoms with Gasteiger partial charge in [-0.3, -0.25) is 4.68 Å². The van der Waals surface area contributed by atoms with Crippen LogP contribution in [0.2, 0.25) is 0 Å². The van der Waals surface area contributed by atoms with Crippen molar-refractivity contribution in [2.24, 2.45) is 0 Å². The topological polar surface area (TPSA) is 68.8 Å². The Morgan fingerprint density at radius 3 is 3.00 bits per heavy atom. The number of anilines is 2. The number of pyridine rings is 1. The summed E-state index contributed by atoms with van der Waals surface area (Å²) in [6, 6.07) is 5.90. The third-order valence-corrected chi connectivity index (χ3v) is 2.22. The summed E-state index contributed by atoms with van der Waals surface area (Å²) in [5.74, 6) is 0.533. The molecule has 2 rings (SSSR count). The molecule has 0 amide bonds. The van der Waals surface area contributed by atoms with Crippen molar-refractivity contribution in [2.75, 3.05) is 11.1 Å². The van der Waals surface area contributed by atoms with Crippen molar-refractivity contribution in [1.82, 2.24) is 14.8 Å². The summed E-state index contributed by atoms with van der Waals surface area (Å²) >= 11 is 0. The van der Waals surface area contributed by atoms with Crippen molar-refractivity contribution < 1.29 is 0 Å². The summed E-state index contributed by atoms with van der Waals surface area (Å²) in [5.41, 5.74) is 6.48. The first-order chi connectivity index (χ1) is 7.74. The fourth-order valence-electron chi connectivity index (χ4n) is 1.51. The van der Waals surface area contributed by atoms with E-state index in [0.717, 1.165) is 12.2 Å². The van der Waals surface area contributed by atoms with Crippen LogP contribution < -0.4 is 11.1 Å². The third-order valence-electron chi connectivity index (χ3n) is 2.22. The third kappa shape index (κ3) is 2.73. The smallest absolute Gasteiger partial charge is 0.123 e. The second-order valence-corrected chi connectivity index (χ2v) is 3.75. The van der Waals surface area contributed by atoms with Crippen molar-refractivity contribution in [2.45, 2.75) is 19.5 Å². The first-order valence-electron chi connectivity index (χ1n) is 5.19. The molecule has 5 heteroatoms. The van der Waals surface area contributed by atoms with Crippen LogP contribution in [-0.2, 0) is 6.54 Å². The summed E-state index contributed by atoms with van der Waals surface area (Å²) in [6.45, 7) is 2.91. The molecule has 2 heterocycles. The molecule has 0 aromatic carbocycles. The van der Waals surface area contributed by atoms with Crippen LogP contribution in [0.25, 0.3) is 0 Å². The zero-order valence-corrected chi connectivity index (χ0v) is 9.17. The zero-order chi connectivity index (χ0) is 11.4. The Balaban J connectivity index is 1.92. The second kappa shape index (κ2) is 4.65. The highest BCUT2D eigenvalue weighted by Gasteiger charge is 2.03. The summed E-state index contributed by atoms with van der Waals surface area (Å²) in [7, 11) is 0. The van der Waals surface area contributed by atoms with Gasteiger partial charge in [-0.25, -0.2) is 4.98 Å². The first-order valence-corrected chi connectivity index (χ1v) is 5.19. The van der Waals surface area contributed by atoms with E-state index in [4.69, 9.17) is 5.73 Å². The Bertz CT molecular complexity index is 420. The highest BCUT2D eigenvalue weighted by molar-refractivity contribution is 5.45. The van der Waals surface area contributed by atoms with Crippen LogP contribution in [0.15, 0.2) is 36.8 Å². The van der Waals surface area contributed by atoms with Gasteiger partial charge in [0.25, 0.3) is 0 Å². The van der Waals surface area contributed by atoms with Gasteiger partial charge in [0.15, 0.2) is 0 Å². The molecule has 1 unspecified atom stereocenters. The Labute approximate surface area is 94.3 Å². The van der Waals surface area contributed by atoms with Gasteiger partial charge in [-0.1, -0.05) is 0 Å². The van der Waals surface area contributed by atoms with E-state index < -0.39 is 0 Å². The normalized spacial score (nSPS) is 12.3. The average molecular weight is 217 g/mol. The second-order valence-electron chi connectivity index (χ2n) is 3.75. The average Bonchev–Trinajstić information content (AvgIpc) is 2.74. The van der Waals surface area contributed by atoms with E-state index in [1.54, 1.807) is 18.5 Å². The maximum atomic E-state index is 5.51. The lowest BCUT2D eigenvalue weighted by Crippen LogP contribution is -2.22. The molecule has 84 valence electrons. The van der Waals surface area contributed by atoms with Crippen LogP contribution >= 0.6 is 0 Å². The summed E-state index contributed by atoms with van der Waals surface area (Å²) < 4.78 is 1.89. The zero-order valence-electron chi connectivity index (χ0n) is 9.17. The molecule has 0 saturated carbocycles. The first kappa shape index (κ1) is 10.5. The fraction of sp³-hybridized carbons (Fsp3) is 0.273. The maximum absolute atomic E-state index is 5.51. The Kier molecular flexibility index (Phi) is 3.05. The number of hydrogen-bond donors (Lipinski definition) is 2. The van der Waals surface area contributed by atoms with Crippen molar-refractivity contribution >= 4 is 11.5 Å². The molecule has 2 aromatic rings. The van der Waals surface area contributed by atoms with Gasteiger partial charge in [0.05, 0.1) is 18.4 Å².